The van der Waals surface area contributed by atoms with Crippen molar-refractivity contribution in [3.8, 4) is 11.5 Å². The zero-order valence-corrected chi connectivity index (χ0v) is 12.7. The molecule has 1 aliphatic heterocycles. The minimum atomic E-state index is 0.375. The molecule has 5 heteroatoms. The molecule has 1 aliphatic rings. The molecule has 5 nitrogen and oxygen atoms in total. The Labute approximate surface area is 125 Å². The molecule has 3 heterocycles. The van der Waals surface area contributed by atoms with Gasteiger partial charge in [0.25, 0.3) is 0 Å². The molecule has 1 saturated heterocycles. The van der Waals surface area contributed by atoms with Gasteiger partial charge in [0.1, 0.15) is 0 Å². The first-order valence-electron chi connectivity index (χ1n) is 7.68. The predicted molar refractivity (Wildman–Crippen MR) is 80.8 cm³/mol. The third-order valence-electron chi connectivity index (χ3n) is 4.01. The molecule has 0 radical (unpaired) electrons. The highest BCUT2D eigenvalue weighted by molar-refractivity contribution is 5.50. The number of hydrogen-bond acceptors (Lipinski definition) is 5. The molecule has 0 saturated carbocycles. The minimum absolute atomic E-state index is 0.375. The van der Waals surface area contributed by atoms with E-state index in [2.05, 4.69) is 33.9 Å². The van der Waals surface area contributed by atoms with Gasteiger partial charge in [-0.15, -0.1) is 10.2 Å². The molecule has 0 spiro atoms. The second kappa shape index (κ2) is 6.35. The quantitative estimate of drug-likeness (QED) is 0.845. The van der Waals surface area contributed by atoms with Gasteiger partial charge < -0.3 is 9.32 Å². The Kier molecular flexibility index (Phi) is 4.29. The van der Waals surface area contributed by atoms with E-state index in [9.17, 15) is 0 Å². The van der Waals surface area contributed by atoms with E-state index in [1.54, 1.807) is 12.4 Å². The van der Waals surface area contributed by atoms with E-state index in [1.165, 1.54) is 13.0 Å². The molecule has 0 amide bonds. The van der Waals surface area contributed by atoms with E-state index < -0.39 is 0 Å². The lowest BCUT2D eigenvalue weighted by atomic mass is 10.1. The average molecular weight is 286 g/mol. The summed E-state index contributed by atoms with van der Waals surface area (Å²) in [4.78, 5) is 6.50. The van der Waals surface area contributed by atoms with E-state index >= 15 is 0 Å². The second-order valence-electron chi connectivity index (χ2n) is 6.15. The van der Waals surface area contributed by atoms with Crippen LogP contribution in [0.2, 0.25) is 0 Å². The maximum Gasteiger partial charge on any atom is 0.247 e. The van der Waals surface area contributed by atoms with Crippen molar-refractivity contribution in [1.29, 1.82) is 0 Å². The zero-order valence-electron chi connectivity index (χ0n) is 12.7. The van der Waals surface area contributed by atoms with E-state index in [4.69, 9.17) is 4.42 Å². The smallest absolute Gasteiger partial charge is 0.247 e. The molecule has 0 unspecified atom stereocenters. The number of pyridine rings is 1. The van der Waals surface area contributed by atoms with Gasteiger partial charge in [-0.2, -0.15) is 0 Å². The molecule has 0 aromatic carbocycles. The van der Waals surface area contributed by atoms with E-state index in [-0.39, 0.29) is 0 Å². The maximum atomic E-state index is 5.85. The lowest BCUT2D eigenvalue weighted by Gasteiger charge is -2.16. The molecule has 1 atom stereocenters. The average Bonchev–Trinajstić information content (AvgIpc) is 3.15. The van der Waals surface area contributed by atoms with Crippen molar-refractivity contribution in [3.63, 3.8) is 0 Å². The first-order valence-corrected chi connectivity index (χ1v) is 7.68. The number of nitrogens with zero attached hydrogens (tertiary/aromatic N) is 4. The highest BCUT2D eigenvalue weighted by atomic mass is 16.4. The summed E-state index contributed by atoms with van der Waals surface area (Å²) in [6.07, 6.45) is 5.83. The summed E-state index contributed by atoms with van der Waals surface area (Å²) in [5.74, 6) is 2.49. The molecule has 112 valence electrons. The highest BCUT2D eigenvalue weighted by Gasteiger charge is 2.28. The Morgan fingerprint density at radius 2 is 2.10 bits per heavy atom. The summed E-state index contributed by atoms with van der Waals surface area (Å²) in [6, 6.07) is 3.78. The monoisotopic (exact) mass is 286 g/mol. The summed E-state index contributed by atoms with van der Waals surface area (Å²) in [7, 11) is 0. The molecule has 2 aromatic rings. The lowest BCUT2D eigenvalue weighted by molar-refractivity contribution is 0.305. The predicted octanol–water partition coefficient (Wildman–Crippen LogP) is 2.97. The number of hydrogen-bond donors (Lipinski definition) is 0. The summed E-state index contributed by atoms with van der Waals surface area (Å²) in [5, 5.41) is 8.41. The van der Waals surface area contributed by atoms with Gasteiger partial charge in [0.05, 0.1) is 5.92 Å². The fraction of sp³-hybridized carbons (Fsp3) is 0.562. The summed E-state index contributed by atoms with van der Waals surface area (Å²) < 4.78 is 5.85. The highest BCUT2D eigenvalue weighted by Crippen LogP contribution is 2.28. The molecular weight excluding hydrogens is 264 g/mol. The third-order valence-corrected chi connectivity index (χ3v) is 4.01. The maximum absolute atomic E-state index is 5.85. The van der Waals surface area contributed by atoms with Crippen LogP contribution >= 0.6 is 0 Å². The third kappa shape index (κ3) is 3.47. The van der Waals surface area contributed by atoms with Crippen LogP contribution in [0, 0.1) is 5.92 Å². The molecule has 0 bridgehead atoms. The molecule has 21 heavy (non-hydrogen) atoms. The second-order valence-corrected chi connectivity index (χ2v) is 6.15. The van der Waals surface area contributed by atoms with Crippen molar-refractivity contribution in [2.45, 2.75) is 32.6 Å². The van der Waals surface area contributed by atoms with Gasteiger partial charge in [0.15, 0.2) is 0 Å². The van der Waals surface area contributed by atoms with Gasteiger partial charge in [-0.25, -0.2) is 0 Å². The summed E-state index contributed by atoms with van der Waals surface area (Å²) in [6.45, 7) is 7.87. The fourth-order valence-electron chi connectivity index (χ4n) is 2.69. The Morgan fingerprint density at radius 1 is 1.29 bits per heavy atom. The molecular formula is C16H22N4O. The first-order chi connectivity index (χ1) is 10.2. The zero-order chi connectivity index (χ0) is 14.7. The fourth-order valence-corrected chi connectivity index (χ4v) is 2.69. The van der Waals surface area contributed by atoms with Crippen LogP contribution in [0.1, 0.15) is 38.5 Å². The van der Waals surface area contributed by atoms with E-state index in [0.717, 1.165) is 36.9 Å². The normalized spacial score (nSPS) is 19.5. The Balaban J connectivity index is 1.62. The van der Waals surface area contributed by atoms with Crippen molar-refractivity contribution in [1.82, 2.24) is 20.1 Å². The standard InChI is InChI=1S/C16H22N4O/c1-12(2)5-9-20-10-6-14(11-20)16-19-18-15(21-16)13-3-7-17-8-4-13/h3-4,7-8,12,14H,5-6,9-11H2,1-2H3/t14-/m0/s1. The number of aromatic nitrogens is 3. The van der Waals surface area contributed by atoms with Crippen molar-refractivity contribution >= 4 is 0 Å². The Morgan fingerprint density at radius 3 is 2.86 bits per heavy atom. The first kappa shape index (κ1) is 14.2. The molecule has 0 aliphatic carbocycles. The van der Waals surface area contributed by atoms with Gasteiger partial charge >= 0.3 is 0 Å². The van der Waals surface area contributed by atoms with Crippen molar-refractivity contribution in [2.75, 3.05) is 19.6 Å². The minimum Gasteiger partial charge on any atom is -0.420 e. The van der Waals surface area contributed by atoms with E-state index in [1.807, 2.05) is 12.1 Å². The Hall–Kier alpha value is -1.75. The van der Waals surface area contributed by atoms with Gasteiger partial charge in [0.2, 0.25) is 11.8 Å². The molecule has 3 rings (SSSR count). The van der Waals surface area contributed by atoms with Gasteiger partial charge in [-0.05, 0) is 44.0 Å². The van der Waals surface area contributed by atoms with Crippen LogP contribution in [0.25, 0.3) is 11.5 Å². The summed E-state index contributed by atoms with van der Waals surface area (Å²) >= 11 is 0. The largest absolute Gasteiger partial charge is 0.420 e. The molecule has 2 aromatic heterocycles. The Bertz CT molecular complexity index is 567. The van der Waals surface area contributed by atoms with E-state index in [0.29, 0.717) is 11.8 Å². The van der Waals surface area contributed by atoms with Gasteiger partial charge in [-0.3, -0.25) is 4.98 Å². The molecule has 1 fully saturated rings. The van der Waals surface area contributed by atoms with Crippen LogP contribution in [0.3, 0.4) is 0 Å². The van der Waals surface area contributed by atoms with Crippen molar-refractivity contribution < 1.29 is 4.42 Å². The lowest BCUT2D eigenvalue weighted by Crippen LogP contribution is -2.22. The molecule has 0 N–H and O–H groups in total. The number of rotatable bonds is 5. The number of likely N-dealkylation sites (tertiary alicyclic amines) is 1. The van der Waals surface area contributed by atoms with Gasteiger partial charge in [0, 0.05) is 24.5 Å². The summed E-state index contributed by atoms with van der Waals surface area (Å²) in [5.41, 5.74) is 0.929. The van der Waals surface area contributed by atoms with Crippen LogP contribution in [-0.4, -0.2) is 39.7 Å². The van der Waals surface area contributed by atoms with Crippen LogP contribution in [-0.2, 0) is 0 Å². The van der Waals surface area contributed by atoms with Crippen molar-refractivity contribution in [2.24, 2.45) is 5.92 Å². The van der Waals surface area contributed by atoms with Gasteiger partial charge in [-0.1, -0.05) is 13.8 Å². The van der Waals surface area contributed by atoms with Crippen LogP contribution < -0.4 is 0 Å². The van der Waals surface area contributed by atoms with Crippen molar-refractivity contribution in [3.05, 3.63) is 30.4 Å². The topological polar surface area (TPSA) is 55.1 Å². The van der Waals surface area contributed by atoms with Crippen LogP contribution in [0.5, 0.6) is 0 Å². The van der Waals surface area contributed by atoms with Crippen LogP contribution in [0.15, 0.2) is 28.9 Å². The van der Waals surface area contributed by atoms with Crippen LogP contribution in [0.4, 0.5) is 0 Å². The SMILES string of the molecule is CC(C)CCN1CC[C@H](c2nnc(-c3ccncc3)o2)C1.